The van der Waals surface area contributed by atoms with Gasteiger partial charge in [0.1, 0.15) is 5.82 Å². The van der Waals surface area contributed by atoms with Crippen molar-refractivity contribution < 1.29 is 14.3 Å². The summed E-state index contributed by atoms with van der Waals surface area (Å²) in [6.07, 6.45) is 1.50. The van der Waals surface area contributed by atoms with Crippen molar-refractivity contribution in [2.75, 3.05) is 13.2 Å². The fourth-order valence-electron chi connectivity index (χ4n) is 1.64. The largest absolute Gasteiger partial charge is 0.396 e. The smallest absolute Gasteiger partial charge is 0.254 e. The van der Waals surface area contributed by atoms with E-state index in [0.29, 0.717) is 13.0 Å². The van der Waals surface area contributed by atoms with E-state index in [4.69, 9.17) is 5.11 Å². The number of hydrogen-bond donors (Lipinski definition) is 2. The van der Waals surface area contributed by atoms with Crippen molar-refractivity contribution in [1.82, 2.24) is 5.32 Å². The van der Waals surface area contributed by atoms with Gasteiger partial charge in [0.25, 0.3) is 5.91 Å². The predicted octanol–water partition coefficient (Wildman–Crippen LogP) is 2.73. The SMILES string of the molecule is CCC(CCO)CNC(=O)c1cccc(Br)c1F. The Morgan fingerprint density at radius 2 is 2.28 bits per heavy atom. The molecule has 0 aliphatic rings. The van der Waals surface area contributed by atoms with Crippen molar-refractivity contribution in [1.29, 1.82) is 0 Å². The minimum absolute atomic E-state index is 0.0308. The van der Waals surface area contributed by atoms with Crippen molar-refractivity contribution >= 4 is 21.8 Å². The van der Waals surface area contributed by atoms with Gasteiger partial charge in [-0.1, -0.05) is 19.4 Å². The number of aliphatic hydroxyl groups is 1. The lowest BCUT2D eigenvalue weighted by Gasteiger charge is -2.14. The summed E-state index contributed by atoms with van der Waals surface area (Å²) in [6, 6.07) is 4.61. The fraction of sp³-hybridized carbons (Fsp3) is 0.462. The van der Waals surface area contributed by atoms with E-state index in [-0.39, 0.29) is 22.6 Å². The summed E-state index contributed by atoms with van der Waals surface area (Å²) in [6.45, 7) is 2.54. The lowest BCUT2D eigenvalue weighted by Crippen LogP contribution is -2.30. The molecule has 0 saturated heterocycles. The average Bonchev–Trinajstić information content (AvgIpc) is 2.37. The molecule has 0 radical (unpaired) electrons. The van der Waals surface area contributed by atoms with Crippen LogP contribution >= 0.6 is 15.9 Å². The van der Waals surface area contributed by atoms with Crippen LogP contribution < -0.4 is 5.32 Å². The lowest BCUT2D eigenvalue weighted by atomic mass is 10.0. The third-order valence-corrected chi connectivity index (χ3v) is 3.47. The number of halogens is 2. The van der Waals surface area contributed by atoms with Crippen LogP contribution in [0.2, 0.25) is 0 Å². The van der Waals surface area contributed by atoms with Crippen molar-refractivity contribution in [3.63, 3.8) is 0 Å². The van der Waals surface area contributed by atoms with Crippen molar-refractivity contribution in [3.8, 4) is 0 Å². The predicted molar refractivity (Wildman–Crippen MR) is 71.9 cm³/mol. The summed E-state index contributed by atoms with van der Waals surface area (Å²) in [5.41, 5.74) is 0.0308. The highest BCUT2D eigenvalue weighted by molar-refractivity contribution is 9.10. The molecular formula is C13H17BrFNO2. The minimum atomic E-state index is -0.551. The number of hydrogen-bond acceptors (Lipinski definition) is 2. The van der Waals surface area contributed by atoms with Crippen LogP contribution in [-0.4, -0.2) is 24.2 Å². The van der Waals surface area contributed by atoms with Crippen molar-refractivity contribution in [3.05, 3.63) is 34.1 Å². The Balaban J connectivity index is 2.62. The van der Waals surface area contributed by atoms with E-state index in [1.165, 1.54) is 6.07 Å². The van der Waals surface area contributed by atoms with Gasteiger partial charge < -0.3 is 10.4 Å². The Bertz CT molecular complexity index is 412. The van der Waals surface area contributed by atoms with Crippen LogP contribution in [0, 0.1) is 11.7 Å². The molecule has 1 aromatic rings. The number of carbonyl (C=O) groups is 1. The van der Waals surface area contributed by atoms with Gasteiger partial charge in [-0.15, -0.1) is 0 Å². The molecule has 0 saturated carbocycles. The van der Waals surface area contributed by atoms with Crippen LogP contribution in [0.15, 0.2) is 22.7 Å². The van der Waals surface area contributed by atoms with Crippen molar-refractivity contribution in [2.45, 2.75) is 19.8 Å². The molecule has 1 rings (SSSR count). The first-order valence-electron chi connectivity index (χ1n) is 5.93. The van der Waals surface area contributed by atoms with Gasteiger partial charge >= 0.3 is 0 Å². The first-order valence-corrected chi connectivity index (χ1v) is 6.72. The Hall–Kier alpha value is -0.940. The third kappa shape index (κ3) is 4.07. The molecule has 0 aliphatic heterocycles. The van der Waals surface area contributed by atoms with Crippen LogP contribution in [0.4, 0.5) is 4.39 Å². The van der Waals surface area contributed by atoms with Gasteiger partial charge in [0, 0.05) is 13.2 Å². The molecule has 0 aliphatic carbocycles. The minimum Gasteiger partial charge on any atom is -0.396 e. The first-order chi connectivity index (χ1) is 8.60. The van der Waals surface area contributed by atoms with E-state index < -0.39 is 11.7 Å². The van der Waals surface area contributed by atoms with E-state index in [1.807, 2.05) is 6.92 Å². The van der Waals surface area contributed by atoms with E-state index >= 15 is 0 Å². The maximum atomic E-state index is 13.7. The number of amides is 1. The molecule has 2 N–H and O–H groups in total. The van der Waals surface area contributed by atoms with E-state index in [9.17, 15) is 9.18 Å². The lowest BCUT2D eigenvalue weighted by molar-refractivity contribution is 0.0939. The summed E-state index contributed by atoms with van der Waals surface area (Å²) < 4.78 is 13.9. The number of benzene rings is 1. The second kappa shape index (κ2) is 7.48. The molecule has 1 aromatic carbocycles. The maximum Gasteiger partial charge on any atom is 0.254 e. The van der Waals surface area contributed by atoms with Gasteiger partial charge in [0.15, 0.2) is 0 Å². The normalized spacial score (nSPS) is 12.2. The molecule has 0 aromatic heterocycles. The maximum absolute atomic E-state index is 13.7. The zero-order valence-electron chi connectivity index (χ0n) is 10.2. The number of rotatable bonds is 6. The highest BCUT2D eigenvalue weighted by Gasteiger charge is 2.15. The summed E-state index contributed by atoms with van der Waals surface area (Å²) in [5.74, 6) is -0.760. The van der Waals surface area contributed by atoms with Crippen molar-refractivity contribution in [2.24, 2.45) is 5.92 Å². The average molecular weight is 318 g/mol. The molecule has 1 amide bonds. The molecule has 0 fully saturated rings. The number of nitrogens with one attached hydrogen (secondary N) is 1. The molecule has 0 spiro atoms. The standard InChI is InChI=1S/C13H17BrFNO2/c1-2-9(6-7-17)8-16-13(18)10-4-3-5-11(14)12(10)15/h3-5,9,17H,2,6-8H2,1H3,(H,16,18). The van der Waals surface area contributed by atoms with Gasteiger partial charge in [-0.25, -0.2) is 4.39 Å². The summed E-state index contributed by atoms with van der Waals surface area (Å²) in [7, 11) is 0. The third-order valence-electron chi connectivity index (χ3n) is 2.86. The van der Waals surface area contributed by atoms with Gasteiger partial charge in [-0.2, -0.15) is 0 Å². The Labute approximate surface area is 115 Å². The van der Waals surface area contributed by atoms with Crippen LogP contribution in [0.3, 0.4) is 0 Å². The van der Waals surface area contributed by atoms with Gasteiger partial charge in [0.05, 0.1) is 10.0 Å². The Morgan fingerprint density at radius 3 is 2.89 bits per heavy atom. The molecule has 18 heavy (non-hydrogen) atoms. The molecule has 1 unspecified atom stereocenters. The van der Waals surface area contributed by atoms with Crippen LogP contribution in [0.25, 0.3) is 0 Å². The zero-order chi connectivity index (χ0) is 13.5. The molecule has 1 atom stereocenters. The highest BCUT2D eigenvalue weighted by atomic mass is 79.9. The summed E-state index contributed by atoms with van der Waals surface area (Å²) in [4.78, 5) is 11.8. The van der Waals surface area contributed by atoms with E-state index in [0.717, 1.165) is 6.42 Å². The topological polar surface area (TPSA) is 49.3 Å². The molecular weight excluding hydrogens is 301 g/mol. The number of carbonyl (C=O) groups excluding carboxylic acids is 1. The molecule has 5 heteroatoms. The van der Waals surface area contributed by atoms with Gasteiger partial charge in [0.2, 0.25) is 0 Å². The Morgan fingerprint density at radius 1 is 1.56 bits per heavy atom. The van der Waals surface area contributed by atoms with E-state index in [2.05, 4.69) is 21.2 Å². The highest BCUT2D eigenvalue weighted by Crippen LogP contribution is 2.18. The molecule has 0 bridgehead atoms. The fourth-order valence-corrected chi connectivity index (χ4v) is 2.01. The summed E-state index contributed by atoms with van der Waals surface area (Å²) >= 11 is 3.04. The second-order valence-electron chi connectivity index (χ2n) is 4.10. The second-order valence-corrected chi connectivity index (χ2v) is 4.95. The quantitative estimate of drug-likeness (QED) is 0.847. The van der Waals surface area contributed by atoms with Gasteiger partial charge in [-0.3, -0.25) is 4.79 Å². The molecule has 3 nitrogen and oxygen atoms in total. The molecule has 100 valence electrons. The zero-order valence-corrected chi connectivity index (χ0v) is 11.8. The monoisotopic (exact) mass is 317 g/mol. The van der Waals surface area contributed by atoms with Crippen LogP contribution in [-0.2, 0) is 0 Å². The first kappa shape index (κ1) is 15.1. The molecule has 0 heterocycles. The summed E-state index contributed by atoms with van der Waals surface area (Å²) in [5, 5.41) is 11.5. The van der Waals surface area contributed by atoms with Crippen LogP contribution in [0.1, 0.15) is 30.1 Å². The number of aliphatic hydroxyl groups excluding tert-OH is 1. The van der Waals surface area contributed by atoms with Crippen LogP contribution in [0.5, 0.6) is 0 Å². The Kier molecular flexibility index (Phi) is 6.29. The van der Waals surface area contributed by atoms with Gasteiger partial charge in [-0.05, 0) is 40.4 Å². The van der Waals surface area contributed by atoms with E-state index in [1.54, 1.807) is 12.1 Å².